The van der Waals surface area contributed by atoms with E-state index in [1.165, 1.54) is 5.56 Å². The molecule has 2 nitrogen and oxygen atoms in total. The maximum Gasteiger partial charge on any atom is 0.0427 e. The molecule has 0 aliphatic heterocycles. The molecule has 1 heterocycles. The van der Waals surface area contributed by atoms with Gasteiger partial charge in [-0.2, -0.15) is 0 Å². The molecule has 0 saturated carbocycles. The number of anilines is 1. The van der Waals surface area contributed by atoms with Crippen molar-refractivity contribution in [1.29, 1.82) is 0 Å². The Morgan fingerprint density at radius 1 is 1.00 bits per heavy atom. The van der Waals surface area contributed by atoms with Crippen molar-refractivity contribution >= 4 is 5.69 Å². The second kappa shape index (κ2) is 4.60. The van der Waals surface area contributed by atoms with Gasteiger partial charge < -0.3 is 5.73 Å². The minimum Gasteiger partial charge on any atom is -0.399 e. The lowest BCUT2D eigenvalue weighted by atomic mass is 10.1. The first-order valence-electron chi connectivity index (χ1n) is 5.09. The quantitative estimate of drug-likeness (QED) is 0.822. The molecule has 0 fully saturated rings. The van der Waals surface area contributed by atoms with E-state index in [0.717, 1.165) is 24.2 Å². The highest BCUT2D eigenvalue weighted by atomic mass is 14.7. The second-order valence-electron chi connectivity index (χ2n) is 3.57. The van der Waals surface area contributed by atoms with Crippen LogP contribution < -0.4 is 5.73 Å². The van der Waals surface area contributed by atoms with E-state index >= 15 is 0 Å². The third-order valence-corrected chi connectivity index (χ3v) is 2.35. The number of hydrogen-bond acceptors (Lipinski definition) is 2. The highest BCUT2D eigenvalue weighted by Crippen LogP contribution is 2.07. The minimum atomic E-state index is 0.785. The van der Waals surface area contributed by atoms with Crippen LogP contribution in [0.4, 0.5) is 5.69 Å². The number of hydrogen-bond donors (Lipinski definition) is 1. The van der Waals surface area contributed by atoms with Crippen molar-refractivity contribution in [3.63, 3.8) is 0 Å². The van der Waals surface area contributed by atoms with Gasteiger partial charge in [0.2, 0.25) is 0 Å². The van der Waals surface area contributed by atoms with Gasteiger partial charge in [0, 0.05) is 17.6 Å². The van der Waals surface area contributed by atoms with Gasteiger partial charge in [-0.15, -0.1) is 0 Å². The molecule has 2 N–H and O–H groups in total. The smallest absolute Gasteiger partial charge is 0.0427 e. The number of rotatable bonds is 3. The molecule has 0 aliphatic rings. The van der Waals surface area contributed by atoms with Crippen molar-refractivity contribution < 1.29 is 0 Å². The third-order valence-electron chi connectivity index (χ3n) is 2.35. The molecule has 2 aromatic rings. The summed E-state index contributed by atoms with van der Waals surface area (Å²) in [6.45, 7) is 0. The van der Waals surface area contributed by atoms with Crippen LogP contribution in [0.15, 0.2) is 48.7 Å². The second-order valence-corrected chi connectivity index (χ2v) is 3.57. The third kappa shape index (κ3) is 2.81. The van der Waals surface area contributed by atoms with Gasteiger partial charge in [-0.05, 0) is 30.5 Å². The molecule has 2 rings (SSSR count). The summed E-state index contributed by atoms with van der Waals surface area (Å²) in [5.74, 6) is 0. The minimum absolute atomic E-state index is 0.785. The van der Waals surface area contributed by atoms with Crippen molar-refractivity contribution in [3.05, 3.63) is 59.9 Å². The van der Waals surface area contributed by atoms with Crippen molar-refractivity contribution in [3.8, 4) is 0 Å². The zero-order chi connectivity index (χ0) is 10.5. The Hall–Kier alpha value is -1.83. The zero-order valence-corrected chi connectivity index (χ0v) is 8.56. The monoisotopic (exact) mass is 198 g/mol. The van der Waals surface area contributed by atoms with Crippen molar-refractivity contribution in [2.45, 2.75) is 12.8 Å². The van der Waals surface area contributed by atoms with Gasteiger partial charge in [0.25, 0.3) is 0 Å². The van der Waals surface area contributed by atoms with Crippen molar-refractivity contribution in [2.24, 2.45) is 0 Å². The van der Waals surface area contributed by atoms with Crippen molar-refractivity contribution in [1.82, 2.24) is 4.98 Å². The Morgan fingerprint density at radius 2 is 1.80 bits per heavy atom. The Balaban J connectivity index is 1.99. The lowest BCUT2D eigenvalue weighted by Crippen LogP contribution is -1.95. The molecule has 0 spiro atoms. The summed E-state index contributed by atoms with van der Waals surface area (Å²) in [6, 6.07) is 14.2. The van der Waals surface area contributed by atoms with E-state index in [1.54, 1.807) is 6.20 Å². The summed E-state index contributed by atoms with van der Waals surface area (Å²) in [4.78, 5) is 4.27. The average molecular weight is 198 g/mol. The van der Waals surface area contributed by atoms with Crippen LogP contribution in [0.1, 0.15) is 11.3 Å². The highest BCUT2D eigenvalue weighted by molar-refractivity contribution is 5.37. The molecular weight excluding hydrogens is 184 g/mol. The normalized spacial score (nSPS) is 10.1. The Bertz CT molecular complexity index is 424. The Labute approximate surface area is 89.8 Å². The summed E-state index contributed by atoms with van der Waals surface area (Å²) in [7, 11) is 0. The number of nitrogen functional groups attached to an aromatic ring is 1. The molecule has 15 heavy (non-hydrogen) atoms. The van der Waals surface area contributed by atoms with E-state index in [4.69, 9.17) is 5.73 Å². The van der Waals surface area contributed by atoms with Gasteiger partial charge in [0.05, 0.1) is 0 Å². The van der Waals surface area contributed by atoms with Crippen LogP contribution in [0, 0.1) is 0 Å². The van der Waals surface area contributed by atoms with Gasteiger partial charge in [-0.25, -0.2) is 0 Å². The van der Waals surface area contributed by atoms with E-state index in [2.05, 4.69) is 29.2 Å². The molecule has 0 atom stereocenters. The van der Waals surface area contributed by atoms with E-state index in [-0.39, 0.29) is 0 Å². The van der Waals surface area contributed by atoms with E-state index in [1.807, 2.05) is 18.2 Å². The van der Waals surface area contributed by atoms with Crippen molar-refractivity contribution in [2.75, 3.05) is 5.73 Å². The van der Waals surface area contributed by atoms with Crippen LogP contribution in [0.3, 0.4) is 0 Å². The molecule has 1 aromatic heterocycles. The summed E-state index contributed by atoms with van der Waals surface area (Å²) in [5.41, 5.74) is 8.86. The lowest BCUT2D eigenvalue weighted by Gasteiger charge is -2.01. The molecule has 76 valence electrons. The first-order valence-corrected chi connectivity index (χ1v) is 5.09. The number of pyridine rings is 1. The SMILES string of the molecule is Nc1ccnc(CCc2ccccc2)c1. The van der Waals surface area contributed by atoms with Crippen LogP contribution in [-0.2, 0) is 12.8 Å². The number of aromatic nitrogens is 1. The van der Waals surface area contributed by atoms with Crippen LogP contribution in [0.5, 0.6) is 0 Å². The number of nitrogens with zero attached hydrogens (tertiary/aromatic N) is 1. The first-order chi connectivity index (χ1) is 7.34. The molecule has 0 saturated heterocycles. The zero-order valence-electron chi connectivity index (χ0n) is 8.56. The predicted octanol–water partition coefficient (Wildman–Crippen LogP) is 2.45. The molecule has 0 bridgehead atoms. The van der Waals surface area contributed by atoms with Crippen LogP contribution in [0.2, 0.25) is 0 Å². The van der Waals surface area contributed by atoms with Gasteiger partial charge in [-0.3, -0.25) is 4.98 Å². The standard InChI is InChI=1S/C13H14N2/c14-12-8-9-15-13(10-12)7-6-11-4-2-1-3-5-11/h1-5,8-10H,6-7H2,(H2,14,15). The predicted molar refractivity (Wildman–Crippen MR) is 62.5 cm³/mol. The summed E-state index contributed by atoms with van der Waals surface area (Å²) < 4.78 is 0. The summed E-state index contributed by atoms with van der Waals surface area (Å²) >= 11 is 0. The van der Waals surface area contributed by atoms with Gasteiger partial charge >= 0.3 is 0 Å². The Morgan fingerprint density at radius 3 is 2.53 bits per heavy atom. The van der Waals surface area contributed by atoms with E-state index in [0.29, 0.717) is 0 Å². The topological polar surface area (TPSA) is 38.9 Å². The van der Waals surface area contributed by atoms with Crippen LogP contribution in [-0.4, -0.2) is 4.98 Å². The molecule has 0 amide bonds. The largest absolute Gasteiger partial charge is 0.399 e. The molecule has 0 aliphatic carbocycles. The molecule has 0 radical (unpaired) electrons. The first kappa shape index (κ1) is 9.71. The Kier molecular flexibility index (Phi) is 2.98. The fourth-order valence-electron chi connectivity index (χ4n) is 1.55. The van der Waals surface area contributed by atoms with Crippen LogP contribution in [0.25, 0.3) is 0 Å². The molecular formula is C13H14N2. The average Bonchev–Trinajstić information content (AvgIpc) is 2.28. The summed E-state index contributed by atoms with van der Waals surface area (Å²) in [5, 5.41) is 0. The summed E-state index contributed by atoms with van der Waals surface area (Å²) in [6.07, 6.45) is 3.71. The number of aryl methyl sites for hydroxylation is 2. The van der Waals surface area contributed by atoms with E-state index < -0.39 is 0 Å². The van der Waals surface area contributed by atoms with E-state index in [9.17, 15) is 0 Å². The van der Waals surface area contributed by atoms with Gasteiger partial charge in [-0.1, -0.05) is 30.3 Å². The maximum atomic E-state index is 5.69. The molecule has 2 heteroatoms. The molecule has 1 aromatic carbocycles. The van der Waals surface area contributed by atoms with Gasteiger partial charge in [0.15, 0.2) is 0 Å². The fraction of sp³-hybridized carbons (Fsp3) is 0.154. The van der Waals surface area contributed by atoms with Crippen LogP contribution >= 0.6 is 0 Å². The molecule has 0 unspecified atom stereocenters. The highest BCUT2D eigenvalue weighted by Gasteiger charge is 1.96. The number of nitrogens with two attached hydrogens (primary N) is 1. The van der Waals surface area contributed by atoms with Gasteiger partial charge in [0.1, 0.15) is 0 Å². The fourth-order valence-corrected chi connectivity index (χ4v) is 1.55. The lowest BCUT2D eigenvalue weighted by molar-refractivity contribution is 0.915. The maximum absolute atomic E-state index is 5.69. The number of benzene rings is 1.